The maximum Gasteiger partial charge on any atom is 0.323 e. The first-order valence-electron chi connectivity index (χ1n) is 8.45. The molecule has 0 saturated carbocycles. The number of rotatable bonds is 5. The van der Waals surface area contributed by atoms with Crippen molar-refractivity contribution in [3.63, 3.8) is 0 Å². The number of halogens is 2. The van der Waals surface area contributed by atoms with E-state index >= 15 is 0 Å². The molecule has 1 aromatic heterocycles. The fourth-order valence-corrected chi connectivity index (χ4v) is 2.97. The van der Waals surface area contributed by atoms with E-state index in [2.05, 4.69) is 0 Å². The number of carbonyl (C=O) groups is 2. The molecule has 8 heteroatoms. The number of aromatic nitrogens is 1. The predicted molar refractivity (Wildman–Crippen MR) is 103 cm³/mol. The van der Waals surface area contributed by atoms with Crippen LogP contribution in [0.3, 0.4) is 0 Å². The molecule has 0 spiro atoms. The van der Waals surface area contributed by atoms with Gasteiger partial charge in [-0.25, -0.2) is 8.78 Å². The lowest BCUT2D eigenvalue weighted by Gasteiger charge is -2.16. The zero-order valence-electron chi connectivity index (χ0n) is 15.3. The number of hydrogen-bond donors (Lipinski definition) is 1. The Morgan fingerprint density at radius 1 is 1.21 bits per heavy atom. The lowest BCUT2D eigenvalue weighted by Crippen LogP contribution is -2.27. The van der Waals surface area contributed by atoms with Gasteiger partial charge in [-0.2, -0.15) is 5.26 Å². The molecule has 0 aliphatic heterocycles. The molecule has 0 atom stereocenters. The third-order valence-electron chi connectivity index (χ3n) is 4.33. The van der Waals surface area contributed by atoms with Crippen LogP contribution in [0.15, 0.2) is 54.2 Å². The fourth-order valence-electron chi connectivity index (χ4n) is 2.97. The highest BCUT2D eigenvalue weighted by Crippen LogP contribution is 2.26. The third kappa shape index (κ3) is 4.14. The monoisotopic (exact) mass is 395 g/mol. The van der Waals surface area contributed by atoms with E-state index in [4.69, 9.17) is 5.11 Å². The molecule has 1 amide bonds. The summed E-state index contributed by atoms with van der Waals surface area (Å²) in [4.78, 5) is 24.9. The van der Waals surface area contributed by atoms with Crippen LogP contribution in [-0.4, -0.2) is 28.6 Å². The summed E-state index contributed by atoms with van der Waals surface area (Å²) in [6.07, 6.45) is 2.70. The van der Waals surface area contributed by atoms with E-state index in [-0.39, 0.29) is 17.8 Å². The van der Waals surface area contributed by atoms with E-state index in [0.717, 1.165) is 11.0 Å². The van der Waals surface area contributed by atoms with Gasteiger partial charge in [0.1, 0.15) is 29.8 Å². The Hall–Kier alpha value is -3.99. The molecule has 1 heterocycles. The number of benzene rings is 2. The second kappa shape index (κ2) is 7.94. The summed E-state index contributed by atoms with van der Waals surface area (Å²) < 4.78 is 28.6. The summed E-state index contributed by atoms with van der Waals surface area (Å²) >= 11 is 0. The first-order chi connectivity index (χ1) is 13.8. The van der Waals surface area contributed by atoms with Crippen molar-refractivity contribution in [2.75, 3.05) is 11.9 Å². The van der Waals surface area contributed by atoms with Gasteiger partial charge in [0.2, 0.25) is 0 Å². The Bertz CT molecular complexity index is 1190. The van der Waals surface area contributed by atoms with Crippen molar-refractivity contribution in [1.29, 1.82) is 5.26 Å². The number of nitrogens with zero attached hydrogens (tertiary/aromatic N) is 3. The summed E-state index contributed by atoms with van der Waals surface area (Å²) in [6.45, 7) is -0.366. The van der Waals surface area contributed by atoms with Crippen LogP contribution < -0.4 is 4.90 Å². The molecular formula is C21H15F2N3O3. The number of carboxylic acids is 1. The lowest BCUT2D eigenvalue weighted by molar-refractivity contribution is -0.137. The summed E-state index contributed by atoms with van der Waals surface area (Å²) in [7, 11) is 1.40. The number of carboxylic acid groups (broad SMARTS) is 1. The number of amides is 1. The minimum Gasteiger partial charge on any atom is -0.480 e. The van der Waals surface area contributed by atoms with Gasteiger partial charge < -0.3 is 14.6 Å². The van der Waals surface area contributed by atoms with Gasteiger partial charge in [0.15, 0.2) is 0 Å². The van der Waals surface area contributed by atoms with E-state index in [1.165, 1.54) is 60.3 Å². The summed E-state index contributed by atoms with van der Waals surface area (Å²) in [5.41, 5.74) is 0.757. The molecule has 2 aromatic carbocycles. The zero-order chi connectivity index (χ0) is 21.1. The number of likely N-dealkylation sites (N-methyl/N-ethyl adjacent to an activating group) is 1. The summed E-state index contributed by atoms with van der Waals surface area (Å²) in [5, 5.41) is 18.9. The molecule has 29 heavy (non-hydrogen) atoms. The van der Waals surface area contributed by atoms with Crippen molar-refractivity contribution < 1.29 is 23.5 Å². The normalized spacial score (nSPS) is 11.3. The van der Waals surface area contributed by atoms with Crippen molar-refractivity contribution >= 4 is 34.5 Å². The van der Waals surface area contributed by atoms with E-state index in [0.29, 0.717) is 16.5 Å². The van der Waals surface area contributed by atoms with Gasteiger partial charge >= 0.3 is 5.97 Å². The van der Waals surface area contributed by atoms with E-state index in [1.807, 2.05) is 0 Å². The molecule has 146 valence electrons. The molecule has 3 aromatic rings. The fraction of sp³-hybridized carbons (Fsp3) is 0.0952. The standard InChI is InChI=1S/C21H15F2N3O3/c1-25(17-4-2-3-15(22)8-17)21(29)13(10-24)7-14-11-26(12-20(27)28)19-6-5-16(23)9-18(14)19/h2-9,11H,12H2,1H3,(H,27,28). The number of nitriles is 1. The molecule has 0 aliphatic rings. The van der Waals surface area contributed by atoms with Gasteiger partial charge in [0, 0.05) is 35.4 Å². The van der Waals surface area contributed by atoms with Gasteiger partial charge in [-0.15, -0.1) is 0 Å². The summed E-state index contributed by atoms with van der Waals surface area (Å²) in [5.74, 6) is -2.85. The van der Waals surface area contributed by atoms with Crippen molar-refractivity contribution in [3.05, 3.63) is 71.4 Å². The van der Waals surface area contributed by atoms with Gasteiger partial charge in [0.05, 0.1) is 0 Å². The van der Waals surface area contributed by atoms with Crippen molar-refractivity contribution in [3.8, 4) is 6.07 Å². The van der Waals surface area contributed by atoms with Gasteiger partial charge in [-0.05, 0) is 42.5 Å². The van der Waals surface area contributed by atoms with Crippen LogP contribution in [0.2, 0.25) is 0 Å². The minimum absolute atomic E-state index is 0.260. The van der Waals surface area contributed by atoms with Crippen LogP contribution in [0, 0.1) is 23.0 Å². The van der Waals surface area contributed by atoms with E-state index < -0.39 is 23.5 Å². The quantitative estimate of drug-likeness (QED) is 0.529. The van der Waals surface area contributed by atoms with Crippen LogP contribution >= 0.6 is 0 Å². The Morgan fingerprint density at radius 3 is 2.59 bits per heavy atom. The maximum atomic E-state index is 13.7. The average Bonchev–Trinajstić information content (AvgIpc) is 3.00. The molecule has 0 saturated heterocycles. The van der Waals surface area contributed by atoms with Gasteiger partial charge in [-0.1, -0.05) is 6.07 Å². The number of anilines is 1. The first-order valence-corrected chi connectivity index (χ1v) is 8.45. The maximum absolute atomic E-state index is 13.7. The summed E-state index contributed by atoms with van der Waals surface area (Å²) in [6, 6.07) is 11.0. The molecule has 6 nitrogen and oxygen atoms in total. The SMILES string of the molecule is CN(C(=O)C(C#N)=Cc1cn(CC(=O)O)c2ccc(F)cc12)c1cccc(F)c1. The number of hydrogen-bond acceptors (Lipinski definition) is 3. The second-order valence-corrected chi connectivity index (χ2v) is 6.28. The topological polar surface area (TPSA) is 86.3 Å². The smallest absolute Gasteiger partial charge is 0.323 e. The number of aliphatic carboxylic acids is 1. The Morgan fingerprint density at radius 2 is 1.93 bits per heavy atom. The molecule has 0 unspecified atom stereocenters. The highest BCUT2D eigenvalue weighted by Gasteiger charge is 2.18. The average molecular weight is 395 g/mol. The van der Waals surface area contributed by atoms with Crippen LogP contribution in [0.25, 0.3) is 17.0 Å². The van der Waals surface area contributed by atoms with Crippen LogP contribution in [0.4, 0.5) is 14.5 Å². The van der Waals surface area contributed by atoms with Crippen molar-refractivity contribution in [1.82, 2.24) is 4.57 Å². The highest BCUT2D eigenvalue weighted by molar-refractivity contribution is 6.11. The number of carbonyl (C=O) groups excluding carboxylic acids is 1. The highest BCUT2D eigenvalue weighted by atomic mass is 19.1. The largest absolute Gasteiger partial charge is 0.480 e. The molecule has 0 aliphatic carbocycles. The lowest BCUT2D eigenvalue weighted by atomic mass is 10.1. The Balaban J connectivity index is 2.06. The Kier molecular flexibility index (Phi) is 5.41. The van der Waals surface area contributed by atoms with Gasteiger partial charge in [0.25, 0.3) is 5.91 Å². The molecule has 0 fully saturated rings. The van der Waals surface area contributed by atoms with Gasteiger partial charge in [-0.3, -0.25) is 9.59 Å². The molecule has 0 radical (unpaired) electrons. The first kappa shape index (κ1) is 19.8. The van der Waals surface area contributed by atoms with E-state index in [1.54, 1.807) is 6.07 Å². The third-order valence-corrected chi connectivity index (χ3v) is 4.33. The van der Waals surface area contributed by atoms with Crippen molar-refractivity contribution in [2.45, 2.75) is 6.54 Å². The van der Waals surface area contributed by atoms with Crippen LogP contribution in [0.5, 0.6) is 0 Å². The molecular weight excluding hydrogens is 380 g/mol. The Labute approximate surface area is 164 Å². The molecule has 0 bridgehead atoms. The molecule has 1 N–H and O–H groups in total. The predicted octanol–water partition coefficient (Wildman–Crippen LogP) is 3.57. The number of fused-ring (bicyclic) bond motifs is 1. The van der Waals surface area contributed by atoms with Crippen LogP contribution in [0.1, 0.15) is 5.56 Å². The van der Waals surface area contributed by atoms with Crippen molar-refractivity contribution in [2.24, 2.45) is 0 Å². The second-order valence-electron chi connectivity index (χ2n) is 6.28. The molecule has 3 rings (SSSR count). The van der Waals surface area contributed by atoms with E-state index in [9.17, 15) is 23.6 Å². The van der Waals surface area contributed by atoms with Crippen LogP contribution in [-0.2, 0) is 16.1 Å². The minimum atomic E-state index is -1.09. The zero-order valence-corrected chi connectivity index (χ0v) is 15.3.